The van der Waals surface area contributed by atoms with Crippen LogP contribution in [0, 0.1) is 5.92 Å². The molecule has 86 valence electrons. The number of aliphatic carboxylic acids is 1. The van der Waals surface area contributed by atoms with Crippen molar-refractivity contribution in [1.29, 1.82) is 0 Å². The van der Waals surface area contributed by atoms with E-state index in [-0.39, 0.29) is 12.5 Å². The third-order valence-corrected chi connectivity index (χ3v) is 2.22. The first-order valence-corrected chi connectivity index (χ1v) is 5.20. The molecule has 0 aliphatic carbocycles. The summed E-state index contributed by atoms with van der Waals surface area (Å²) in [6, 6.07) is 0. The Hall–Kier alpha value is -1.32. The molecule has 1 amide bonds. The molecule has 0 aliphatic rings. The topological polar surface area (TPSA) is 66.4 Å². The summed E-state index contributed by atoms with van der Waals surface area (Å²) < 4.78 is 0. The van der Waals surface area contributed by atoms with Crippen molar-refractivity contribution < 1.29 is 14.7 Å². The van der Waals surface area contributed by atoms with Gasteiger partial charge in [-0.1, -0.05) is 19.9 Å². The van der Waals surface area contributed by atoms with Crippen LogP contribution in [0.4, 0.5) is 0 Å². The van der Waals surface area contributed by atoms with Crippen LogP contribution in [0.15, 0.2) is 11.6 Å². The zero-order valence-electron chi connectivity index (χ0n) is 9.54. The minimum Gasteiger partial charge on any atom is -0.481 e. The van der Waals surface area contributed by atoms with E-state index in [1.165, 1.54) is 0 Å². The van der Waals surface area contributed by atoms with Gasteiger partial charge in [-0.2, -0.15) is 0 Å². The summed E-state index contributed by atoms with van der Waals surface area (Å²) in [4.78, 5) is 22.1. The van der Waals surface area contributed by atoms with E-state index in [1.54, 1.807) is 13.8 Å². The van der Waals surface area contributed by atoms with Crippen molar-refractivity contribution in [3.63, 3.8) is 0 Å². The molecule has 0 aromatic carbocycles. The van der Waals surface area contributed by atoms with Gasteiger partial charge >= 0.3 is 5.97 Å². The van der Waals surface area contributed by atoms with Gasteiger partial charge in [-0.15, -0.1) is 0 Å². The summed E-state index contributed by atoms with van der Waals surface area (Å²) in [6.07, 6.45) is 3.14. The second-order valence-electron chi connectivity index (χ2n) is 3.45. The monoisotopic (exact) mass is 213 g/mol. The molecule has 0 fully saturated rings. The van der Waals surface area contributed by atoms with Crippen molar-refractivity contribution in [3.8, 4) is 0 Å². The SMILES string of the molecule is CCC=C(C)C(=O)NCC(CC)C(=O)O. The van der Waals surface area contributed by atoms with Crippen molar-refractivity contribution in [3.05, 3.63) is 11.6 Å². The first-order chi connectivity index (χ1) is 7.02. The fourth-order valence-electron chi connectivity index (χ4n) is 1.16. The van der Waals surface area contributed by atoms with Crippen LogP contribution >= 0.6 is 0 Å². The average Bonchev–Trinajstić information content (AvgIpc) is 2.18. The van der Waals surface area contributed by atoms with E-state index in [2.05, 4.69) is 5.32 Å². The summed E-state index contributed by atoms with van der Waals surface area (Å²) in [6.45, 7) is 5.66. The van der Waals surface area contributed by atoms with Crippen LogP contribution in [0.1, 0.15) is 33.6 Å². The van der Waals surface area contributed by atoms with Crippen LogP contribution in [-0.2, 0) is 9.59 Å². The molecule has 2 N–H and O–H groups in total. The van der Waals surface area contributed by atoms with Crippen LogP contribution in [0.5, 0.6) is 0 Å². The zero-order chi connectivity index (χ0) is 11.8. The van der Waals surface area contributed by atoms with E-state index in [0.717, 1.165) is 6.42 Å². The van der Waals surface area contributed by atoms with Crippen molar-refractivity contribution in [2.45, 2.75) is 33.6 Å². The number of hydrogen-bond donors (Lipinski definition) is 2. The van der Waals surface area contributed by atoms with Gasteiger partial charge < -0.3 is 10.4 Å². The molecule has 4 heteroatoms. The molecular formula is C11H19NO3. The molecule has 4 nitrogen and oxygen atoms in total. The number of allylic oxidation sites excluding steroid dienone is 1. The van der Waals surface area contributed by atoms with Gasteiger partial charge in [0.05, 0.1) is 5.92 Å². The first-order valence-electron chi connectivity index (χ1n) is 5.20. The minimum absolute atomic E-state index is 0.184. The first kappa shape index (κ1) is 13.7. The minimum atomic E-state index is -0.866. The summed E-state index contributed by atoms with van der Waals surface area (Å²) in [5, 5.41) is 11.4. The normalized spacial score (nSPS) is 13.4. The van der Waals surface area contributed by atoms with Crippen molar-refractivity contribution in [2.75, 3.05) is 6.54 Å². The lowest BCUT2D eigenvalue weighted by Crippen LogP contribution is -2.33. The molecule has 0 saturated heterocycles. The highest BCUT2D eigenvalue weighted by Crippen LogP contribution is 2.01. The van der Waals surface area contributed by atoms with E-state index < -0.39 is 11.9 Å². The quantitative estimate of drug-likeness (QED) is 0.658. The number of nitrogens with one attached hydrogen (secondary N) is 1. The Morgan fingerprint density at radius 2 is 2.00 bits per heavy atom. The molecule has 0 saturated carbocycles. The van der Waals surface area contributed by atoms with Gasteiger partial charge in [0, 0.05) is 12.1 Å². The standard InChI is InChI=1S/C11H19NO3/c1-4-6-8(3)10(13)12-7-9(5-2)11(14)15/h6,9H,4-5,7H2,1-3H3,(H,12,13)(H,14,15). The second kappa shape index (κ2) is 7.04. The highest BCUT2D eigenvalue weighted by molar-refractivity contribution is 5.92. The number of carboxylic acid groups (broad SMARTS) is 1. The maximum atomic E-state index is 11.4. The Morgan fingerprint density at radius 1 is 1.40 bits per heavy atom. The van der Waals surface area contributed by atoms with Crippen LogP contribution < -0.4 is 5.32 Å². The summed E-state index contributed by atoms with van der Waals surface area (Å²) in [5.74, 6) is -1.55. The molecule has 0 aromatic heterocycles. The Bertz CT molecular complexity index is 259. The van der Waals surface area contributed by atoms with Gasteiger partial charge in [0.2, 0.25) is 5.91 Å². The molecule has 0 spiro atoms. The van der Waals surface area contributed by atoms with Gasteiger partial charge in [-0.05, 0) is 19.8 Å². The Kier molecular flexibility index (Phi) is 6.42. The van der Waals surface area contributed by atoms with Gasteiger partial charge in [0.25, 0.3) is 0 Å². The maximum absolute atomic E-state index is 11.4. The lowest BCUT2D eigenvalue weighted by molar-refractivity contribution is -0.141. The highest BCUT2D eigenvalue weighted by Gasteiger charge is 2.15. The van der Waals surface area contributed by atoms with Gasteiger partial charge in [-0.3, -0.25) is 9.59 Å². The van der Waals surface area contributed by atoms with Gasteiger partial charge in [0.15, 0.2) is 0 Å². The van der Waals surface area contributed by atoms with Crippen LogP contribution in [0.2, 0.25) is 0 Å². The predicted molar refractivity (Wildman–Crippen MR) is 58.5 cm³/mol. The molecule has 0 bridgehead atoms. The van der Waals surface area contributed by atoms with Crippen LogP contribution in [-0.4, -0.2) is 23.5 Å². The highest BCUT2D eigenvalue weighted by atomic mass is 16.4. The molecule has 0 rings (SSSR count). The van der Waals surface area contributed by atoms with E-state index in [4.69, 9.17) is 5.11 Å². The molecule has 15 heavy (non-hydrogen) atoms. The van der Waals surface area contributed by atoms with Crippen molar-refractivity contribution in [2.24, 2.45) is 5.92 Å². The average molecular weight is 213 g/mol. The molecule has 0 radical (unpaired) electrons. The van der Waals surface area contributed by atoms with Gasteiger partial charge in [0.1, 0.15) is 0 Å². The Morgan fingerprint density at radius 3 is 2.40 bits per heavy atom. The lowest BCUT2D eigenvalue weighted by Gasteiger charge is -2.11. The zero-order valence-corrected chi connectivity index (χ0v) is 9.54. The molecular weight excluding hydrogens is 194 g/mol. The Balaban J connectivity index is 4.10. The summed E-state index contributed by atoms with van der Waals surface area (Å²) >= 11 is 0. The van der Waals surface area contributed by atoms with E-state index in [1.807, 2.05) is 13.0 Å². The second-order valence-corrected chi connectivity index (χ2v) is 3.45. The molecule has 0 aliphatic heterocycles. The number of hydrogen-bond acceptors (Lipinski definition) is 2. The van der Waals surface area contributed by atoms with E-state index in [0.29, 0.717) is 12.0 Å². The number of carboxylic acids is 1. The van der Waals surface area contributed by atoms with Crippen LogP contribution in [0.25, 0.3) is 0 Å². The summed E-state index contributed by atoms with van der Waals surface area (Å²) in [7, 11) is 0. The number of amides is 1. The predicted octanol–water partition coefficient (Wildman–Crippen LogP) is 1.57. The molecule has 1 unspecified atom stereocenters. The van der Waals surface area contributed by atoms with Crippen LogP contribution in [0.3, 0.4) is 0 Å². The smallest absolute Gasteiger partial charge is 0.308 e. The van der Waals surface area contributed by atoms with E-state index >= 15 is 0 Å². The largest absolute Gasteiger partial charge is 0.481 e. The molecule has 0 aromatic rings. The lowest BCUT2D eigenvalue weighted by atomic mass is 10.1. The number of carbonyl (C=O) groups excluding carboxylic acids is 1. The Labute approximate surface area is 90.4 Å². The fraction of sp³-hybridized carbons (Fsp3) is 0.636. The van der Waals surface area contributed by atoms with E-state index in [9.17, 15) is 9.59 Å². The molecule has 1 atom stereocenters. The summed E-state index contributed by atoms with van der Waals surface area (Å²) in [5.41, 5.74) is 0.637. The third-order valence-electron chi connectivity index (χ3n) is 2.22. The maximum Gasteiger partial charge on any atom is 0.308 e. The third kappa shape index (κ3) is 5.20. The number of carbonyl (C=O) groups is 2. The van der Waals surface area contributed by atoms with Gasteiger partial charge in [-0.25, -0.2) is 0 Å². The fourth-order valence-corrected chi connectivity index (χ4v) is 1.16. The van der Waals surface area contributed by atoms with Crippen molar-refractivity contribution in [1.82, 2.24) is 5.32 Å². The molecule has 0 heterocycles. The van der Waals surface area contributed by atoms with Crippen molar-refractivity contribution >= 4 is 11.9 Å². The number of rotatable bonds is 6.